The smallest absolute Gasteiger partial charge is 0.416 e. The second-order valence-electron chi connectivity index (χ2n) is 8.69. The standard InChI is InChI=1S/C27H32F3N3O3/c1-7-35-26(34)19(5)36-25-11-9-22(17(3)18(25)4)23(31-6)15-21-12-13-32-33(21)24-10-8-20(14-16(24)2)27(28,29)30/h8-14,19,23,31H,7,15H2,1-6H3. The minimum Gasteiger partial charge on any atom is -0.479 e. The van der Waals surface area contributed by atoms with Crippen LogP contribution in [0.5, 0.6) is 5.75 Å². The van der Waals surface area contributed by atoms with Gasteiger partial charge in [-0.25, -0.2) is 9.48 Å². The number of halogens is 3. The zero-order valence-electron chi connectivity index (χ0n) is 21.4. The number of aryl methyl sites for hydroxylation is 1. The molecule has 0 bridgehead atoms. The summed E-state index contributed by atoms with van der Waals surface area (Å²) in [5.41, 5.74) is 4.22. The normalized spacial score (nSPS) is 13.4. The van der Waals surface area contributed by atoms with Gasteiger partial charge in [0.2, 0.25) is 0 Å². The molecule has 0 saturated heterocycles. The lowest BCUT2D eigenvalue weighted by Gasteiger charge is -2.23. The van der Waals surface area contributed by atoms with Gasteiger partial charge in [-0.1, -0.05) is 6.07 Å². The molecule has 36 heavy (non-hydrogen) atoms. The van der Waals surface area contributed by atoms with E-state index in [1.54, 1.807) is 31.6 Å². The Hall–Kier alpha value is -3.33. The fraction of sp³-hybridized carbons (Fsp3) is 0.407. The zero-order chi connectivity index (χ0) is 26.6. The van der Waals surface area contributed by atoms with Gasteiger partial charge in [0, 0.05) is 24.4 Å². The Bertz CT molecular complexity index is 1220. The summed E-state index contributed by atoms with van der Waals surface area (Å²) in [5, 5.41) is 7.72. The van der Waals surface area contributed by atoms with Crippen molar-refractivity contribution in [3.8, 4) is 11.4 Å². The molecule has 0 radical (unpaired) electrons. The van der Waals surface area contributed by atoms with Crippen LogP contribution in [0.15, 0.2) is 42.6 Å². The van der Waals surface area contributed by atoms with Crippen molar-refractivity contribution in [3.05, 3.63) is 76.1 Å². The van der Waals surface area contributed by atoms with Crippen molar-refractivity contribution in [2.45, 2.75) is 59.4 Å². The van der Waals surface area contributed by atoms with Gasteiger partial charge in [0.05, 0.1) is 17.9 Å². The summed E-state index contributed by atoms with van der Waals surface area (Å²) in [6.45, 7) is 9.27. The number of nitrogens with zero attached hydrogens (tertiary/aromatic N) is 2. The third-order valence-electron chi connectivity index (χ3n) is 6.31. The third kappa shape index (κ3) is 5.90. The first-order chi connectivity index (χ1) is 17.0. The van der Waals surface area contributed by atoms with Crippen LogP contribution in [0.25, 0.3) is 5.69 Å². The van der Waals surface area contributed by atoms with Crippen LogP contribution in [0.3, 0.4) is 0 Å². The van der Waals surface area contributed by atoms with Crippen LogP contribution >= 0.6 is 0 Å². The third-order valence-corrected chi connectivity index (χ3v) is 6.31. The van der Waals surface area contributed by atoms with E-state index < -0.39 is 23.8 Å². The molecule has 1 heterocycles. The Morgan fingerprint density at radius 2 is 1.83 bits per heavy atom. The molecule has 6 nitrogen and oxygen atoms in total. The Morgan fingerprint density at radius 1 is 1.11 bits per heavy atom. The predicted molar refractivity (Wildman–Crippen MR) is 131 cm³/mol. The number of carbonyl (C=O) groups is 1. The maximum atomic E-state index is 13.1. The van der Waals surface area contributed by atoms with Gasteiger partial charge in [0.1, 0.15) is 5.75 Å². The van der Waals surface area contributed by atoms with Gasteiger partial charge in [0.15, 0.2) is 6.10 Å². The van der Waals surface area contributed by atoms with Crippen molar-refractivity contribution in [2.75, 3.05) is 13.7 Å². The molecule has 2 aromatic carbocycles. The van der Waals surface area contributed by atoms with Gasteiger partial charge in [-0.2, -0.15) is 18.3 Å². The molecule has 1 aromatic heterocycles. The lowest BCUT2D eigenvalue weighted by atomic mass is 9.94. The highest BCUT2D eigenvalue weighted by atomic mass is 19.4. The van der Waals surface area contributed by atoms with Crippen LogP contribution in [0.1, 0.15) is 53.4 Å². The number of aromatic nitrogens is 2. The summed E-state index contributed by atoms with van der Waals surface area (Å²) in [6.07, 6.45) is -2.93. The number of nitrogens with one attached hydrogen (secondary N) is 1. The Labute approximate surface area is 209 Å². The van der Waals surface area contributed by atoms with E-state index in [-0.39, 0.29) is 12.6 Å². The van der Waals surface area contributed by atoms with E-state index in [0.717, 1.165) is 34.5 Å². The number of likely N-dealkylation sites (N-methyl/N-ethyl adjacent to an activating group) is 1. The number of esters is 1. The number of ether oxygens (including phenoxy) is 2. The highest BCUT2D eigenvalue weighted by Crippen LogP contribution is 2.33. The summed E-state index contributed by atoms with van der Waals surface area (Å²) in [5.74, 6) is 0.190. The van der Waals surface area contributed by atoms with Crippen LogP contribution in [0.4, 0.5) is 13.2 Å². The molecule has 194 valence electrons. The largest absolute Gasteiger partial charge is 0.479 e. The van der Waals surface area contributed by atoms with Gasteiger partial charge in [-0.3, -0.25) is 0 Å². The van der Waals surface area contributed by atoms with E-state index in [0.29, 0.717) is 23.4 Å². The molecule has 0 aliphatic carbocycles. The molecule has 3 aromatic rings. The number of carbonyl (C=O) groups excluding carboxylic acids is 1. The second-order valence-corrected chi connectivity index (χ2v) is 8.69. The highest BCUT2D eigenvalue weighted by Gasteiger charge is 2.31. The number of hydrogen-bond acceptors (Lipinski definition) is 5. The first kappa shape index (κ1) is 27.3. The zero-order valence-corrected chi connectivity index (χ0v) is 21.4. The van der Waals surface area contributed by atoms with E-state index in [9.17, 15) is 18.0 Å². The average molecular weight is 504 g/mol. The summed E-state index contributed by atoms with van der Waals surface area (Å²) in [7, 11) is 1.86. The van der Waals surface area contributed by atoms with Crippen LogP contribution in [-0.2, 0) is 22.1 Å². The molecule has 0 aliphatic rings. The van der Waals surface area contributed by atoms with Crippen LogP contribution < -0.4 is 10.1 Å². The van der Waals surface area contributed by atoms with E-state index in [1.807, 2.05) is 39.1 Å². The molecular formula is C27H32F3N3O3. The van der Waals surface area contributed by atoms with Crippen molar-refractivity contribution < 1.29 is 27.4 Å². The molecule has 0 aliphatic heterocycles. The molecule has 0 saturated carbocycles. The van der Waals surface area contributed by atoms with Crippen LogP contribution in [-0.4, -0.2) is 35.5 Å². The number of alkyl halides is 3. The van der Waals surface area contributed by atoms with Crippen molar-refractivity contribution in [1.29, 1.82) is 0 Å². The van der Waals surface area contributed by atoms with Crippen molar-refractivity contribution in [2.24, 2.45) is 0 Å². The molecule has 2 atom stereocenters. The van der Waals surface area contributed by atoms with E-state index >= 15 is 0 Å². The maximum absolute atomic E-state index is 13.1. The van der Waals surface area contributed by atoms with Gasteiger partial charge < -0.3 is 14.8 Å². The highest BCUT2D eigenvalue weighted by molar-refractivity contribution is 5.74. The Balaban J connectivity index is 1.87. The molecular weight excluding hydrogens is 471 g/mol. The van der Waals surface area contributed by atoms with Crippen LogP contribution in [0, 0.1) is 20.8 Å². The summed E-state index contributed by atoms with van der Waals surface area (Å²) in [6, 6.07) is 9.24. The maximum Gasteiger partial charge on any atom is 0.416 e. The number of rotatable bonds is 9. The Kier molecular flexibility index (Phi) is 8.45. The summed E-state index contributed by atoms with van der Waals surface area (Å²) >= 11 is 0. The number of hydrogen-bond donors (Lipinski definition) is 1. The number of benzene rings is 2. The minimum absolute atomic E-state index is 0.0922. The summed E-state index contributed by atoms with van der Waals surface area (Å²) < 4.78 is 51.9. The lowest BCUT2D eigenvalue weighted by molar-refractivity contribution is -0.150. The molecule has 9 heteroatoms. The molecule has 0 spiro atoms. The lowest BCUT2D eigenvalue weighted by Crippen LogP contribution is -2.26. The fourth-order valence-electron chi connectivity index (χ4n) is 4.17. The van der Waals surface area contributed by atoms with Gasteiger partial charge in [-0.15, -0.1) is 0 Å². The quantitative estimate of drug-likeness (QED) is 0.382. The summed E-state index contributed by atoms with van der Waals surface area (Å²) in [4.78, 5) is 12.0. The average Bonchev–Trinajstić information content (AvgIpc) is 3.28. The molecule has 1 N–H and O–H groups in total. The van der Waals surface area contributed by atoms with Crippen molar-refractivity contribution >= 4 is 5.97 Å². The topological polar surface area (TPSA) is 65.4 Å². The van der Waals surface area contributed by atoms with Gasteiger partial charge >= 0.3 is 12.1 Å². The first-order valence-corrected chi connectivity index (χ1v) is 11.8. The fourth-order valence-corrected chi connectivity index (χ4v) is 4.17. The molecule has 0 fully saturated rings. The van der Waals surface area contributed by atoms with Crippen molar-refractivity contribution in [1.82, 2.24) is 15.1 Å². The molecule has 0 amide bonds. The van der Waals surface area contributed by atoms with E-state index in [2.05, 4.69) is 10.4 Å². The predicted octanol–water partition coefficient (Wildman–Crippen LogP) is 5.65. The SMILES string of the molecule is CCOC(=O)C(C)Oc1ccc(C(Cc2ccnn2-c2ccc(C(F)(F)F)cc2C)NC)c(C)c1C. The van der Waals surface area contributed by atoms with Gasteiger partial charge in [0.25, 0.3) is 0 Å². The van der Waals surface area contributed by atoms with E-state index in [4.69, 9.17) is 9.47 Å². The van der Waals surface area contributed by atoms with Crippen molar-refractivity contribution in [3.63, 3.8) is 0 Å². The van der Waals surface area contributed by atoms with Crippen LogP contribution in [0.2, 0.25) is 0 Å². The van der Waals surface area contributed by atoms with Gasteiger partial charge in [-0.05, 0) is 94.3 Å². The Morgan fingerprint density at radius 3 is 2.44 bits per heavy atom. The van der Waals surface area contributed by atoms with E-state index in [1.165, 1.54) is 6.07 Å². The minimum atomic E-state index is -4.40. The molecule has 2 unspecified atom stereocenters. The second kappa shape index (κ2) is 11.2. The first-order valence-electron chi connectivity index (χ1n) is 11.8. The molecule has 3 rings (SSSR count). The monoisotopic (exact) mass is 503 g/mol.